The summed E-state index contributed by atoms with van der Waals surface area (Å²) in [6.45, 7) is 1.86. The van der Waals surface area contributed by atoms with E-state index < -0.39 is 18.5 Å². The second-order valence-electron chi connectivity index (χ2n) is 8.10. The fourth-order valence-electron chi connectivity index (χ4n) is 5.15. The van der Waals surface area contributed by atoms with Crippen LogP contribution in [0.5, 0.6) is 5.75 Å². The maximum atomic E-state index is 12.6. The van der Waals surface area contributed by atoms with Crippen molar-refractivity contribution in [2.75, 3.05) is 25.1 Å². The lowest BCUT2D eigenvalue weighted by atomic mass is 9.81. The van der Waals surface area contributed by atoms with Gasteiger partial charge in [0.05, 0.1) is 30.6 Å². The van der Waals surface area contributed by atoms with Crippen molar-refractivity contribution in [1.82, 2.24) is 4.90 Å². The third kappa shape index (κ3) is 3.78. The summed E-state index contributed by atoms with van der Waals surface area (Å²) in [5.74, 6) is -0.616. The summed E-state index contributed by atoms with van der Waals surface area (Å²) < 4.78 is 10.5. The molecule has 0 spiro atoms. The summed E-state index contributed by atoms with van der Waals surface area (Å²) in [5, 5.41) is 2.65. The molecule has 2 aliphatic carbocycles. The van der Waals surface area contributed by atoms with Crippen LogP contribution in [-0.2, 0) is 23.9 Å². The molecular weight excluding hydrogens is 388 g/mol. The number of nitrogens with one attached hydrogen (secondary N) is 1. The number of carbonyl (C=O) groups is 4. The number of likely N-dealkylation sites (tertiary alicyclic amines) is 1. The summed E-state index contributed by atoms with van der Waals surface area (Å²) in [4.78, 5) is 50.6. The van der Waals surface area contributed by atoms with Crippen LogP contribution in [-0.4, -0.2) is 48.3 Å². The number of rotatable bonds is 8. The number of carbonyl (C=O) groups excluding carboxylic acids is 4. The summed E-state index contributed by atoms with van der Waals surface area (Å²) in [6.07, 6.45) is 2.89. The molecule has 0 aromatic heterocycles. The lowest BCUT2D eigenvalue weighted by Gasteiger charge is -2.19. The van der Waals surface area contributed by atoms with E-state index in [4.69, 9.17) is 9.47 Å². The van der Waals surface area contributed by atoms with E-state index in [0.717, 1.165) is 19.3 Å². The zero-order chi connectivity index (χ0) is 21.3. The minimum Gasteiger partial charge on any atom is -0.492 e. The van der Waals surface area contributed by atoms with Gasteiger partial charge in [-0.25, -0.2) is 0 Å². The maximum Gasteiger partial charge on any atom is 0.308 e. The van der Waals surface area contributed by atoms with Crippen LogP contribution in [0.25, 0.3) is 0 Å². The molecule has 160 valence electrons. The molecule has 4 rings (SSSR count). The van der Waals surface area contributed by atoms with E-state index in [-0.39, 0.29) is 36.6 Å². The Hall–Kier alpha value is -2.90. The zero-order valence-electron chi connectivity index (χ0n) is 17.0. The molecule has 3 aliphatic rings. The quantitative estimate of drug-likeness (QED) is 0.516. The molecule has 1 aromatic rings. The molecule has 1 heterocycles. The van der Waals surface area contributed by atoms with Gasteiger partial charge in [0.25, 0.3) is 5.91 Å². The zero-order valence-corrected chi connectivity index (χ0v) is 17.0. The molecular formula is C22H26N2O6. The Morgan fingerprint density at radius 2 is 1.77 bits per heavy atom. The Labute approximate surface area is 174 Å². The van der Waals surface area contributed by atoms with E-state index in [1.807, 2.05) is 6.92 Å². The number of hydrogen-bond acceptors (Lipinski definition) is 6. The van der Waals surface area contributed by atoms with Crippen LogP contribution in [0.3, 0.4) is 0 Å². The number of esters is 1. The van der Waals surface area contributed by atoms with E-state index in [2.05, 4.69) is 5.32 Å². The first-order valence-electron chi connectivity index (χ1n) is 10.5. The third-order valence-electron chi connectivity index (χ3n) is 6.38. The lowest BCUT2D eigenvalue weighted by molar-refractivity contribution is -0.149. The first-order valence-corrected chi connectivity index (χ1v) is 10.5. The number of fused-ring (bicyclic) bond motifs is 5. The van der Waals surface area contributed by atoms with Gasteiger partial charge in [-0.05, 0) is 50.2 Å². The standard InChI is InChI=1S/C22H26N2O6/c1-2-29-16-6-4-3-5-15(16)23-17(25)12-30-18(26)9-10-24-21(27)19-13-7-8-14(11-13)20(19)22(24)28/h3-6,13-14,19-20H,2,7-12H2,1H3,(H,23,25)/t13-,14-,19-,20+/m0/s1. The number of benzene rings is 1. The molecule has 3 amide bonds. The van der Waals surface area contributed by atoms with Gasteiger partial charge in [0, 0.05) is 6.54 Å². The first-order chi connectivity index (χ1) is 14.5. The maximum absolute atomic E-state index is 12.6. The van der Waals surface area contributed by atoms with Crippen molar-refractivity contribution in [3.63, 3.8) is 0 Å². The Kier molecular flexibility index (Phi) is 5.74. The highest BCUT2D eigenvalue weighted by atomic mass is 16.5. The molecule has 2 saturated carbocycles. The lowest BCUT2D eigenvalue weighted by Crippen LogP contribution is -2.35. The van der Waals surface area contributed by atoms with Gasteiger partial charge in [-0.2, -0.15) is 0 Å². The van der Waals surface area contributed by atoms with Crippen molar-refractivity contribution >= 4 is 29.4 Å². The third-order valence-corrected chi connectivity index (χ3v) is 6.38. The van der Waals surface area contributed by atoms with Crippen molar-refractivity contribution in [2.45, 2.75) is 32.6 Å². The number of anilines is 1. The second kappa shape index (κ2) is 8.45. The number of ether oxygens (including phenoxy) is 2. The molecule has 0 radical (unpaired) electrons. The Morgan fingerprint density at radius 1 is 1.10 bits per heavy atom. The highest BCUT2D eigenvalue weighted by Gasteiger charge is 2.60. The van der Waals surface area contributed by atoms with Crippen molar-refractivity contribution in [1.29, 1.82) is 0 Å². The average Bonchev–Trinajstić information content (AvgIpc) is 3.41. The predicted octanol–water partition coefficient (Wildman–Crippen LogP) is 1.99. The summed E-state index contributed by atoms with van der Waals surface area (Å²) in [5.41, 5.74) is 0.495. The van der Waals surface area contributed by atoms with Crippen molar-refractivity contribution in [3.8, 4) is 5.75 Å². The van der Waals surface area contributed by atoms with Crippen molar-refractivity contribution in [2.24, 2.45) is 23.7 Å². The van der Waals surface area contributed by atoms with Gasteiger partial charge < -0.3 is 14.8 Å². The van der Waals surface area contributed by atoms with Crippen molar-refractivity contribution < 1.29 is 28.7 Å². The minimum atomic E-state index is -0.621. The van der Waals surface area contributed by atoms with Crippen LogP contribution in [0.1, 0.15) is 32.6 Å². The highest BCUT2D eigenvalue weighted by molar-refractivity contribution is 6.06. The van der Waals surface area contributed by atoms with Gasteiger partial charge in [0.2, 0.25) is 11.8 Å². The topological polar surface area (TPSA) is 102 Å². The van der Waals surface area contributed by atoms with Crippen LogP contribution >= 0.6 is 0 Å². The molecule has 4 atom stereocenters. The normalized spacial score (nSPS) is 26.6. The Balaban J connectivity index is 1.23. The van der Waals surface area contributed by atoms with Gasteiger partial charge in [0.1, 0.15) is 5.75 Å². The van der Waals surface area contributed by atoms with Gasteiger partial charge in [-0.3, -0.25) is 24.1 Å². The van der Waals surface area contributed by atoms with Crippen LogP contribution in [0.4, 0.5) is 5.69 Å². The molecule has 2 bridgehead atoms. The molecule has 1 saturated heterocycles. The van der Waals surface area contributed by atoms with Gasteiger partial charge in [-0.1, -0.05) is 12.1 Å². The Morgan fingerprint density at radius 3 is 2.43 bits per heavy atom. The molecule has 30 heavy (non-hydrogen) atoms. The summed E-state index contributed by atoms with van der Waals surface area (Å²) in [7, 11) is 0. The number of amides is 3. The van der Waals surface area contributed by atoms with Crippen LogP contribution in [0, 0.1) is 23.7 Å². The van der Waals surface area contributed by atoms with E-state index in [1.54, 1.807) is 24.3 Å². The SMILES string of the molecule is CCOc1ccccc1NC(=O)COC(=O)CCN1C(=O)[C@@H]2[C@H]3CC[C@@H](C3)[C@@H]2C1=O. The predicted molar refractivity (Wildman–Crippen MR) is 106 cm³/mol. The Bertz CT molecular complexity index is 841. The van der Waals surface area contributed by atoms with E-state index >= 15 is 0 Å². The summed E-state index contributed by atoms with van der Waals surface area (Å²) >= 11 is 0. The largest absolute Gasteiger partial charge is 0.492 e. The number of para-hydroxylation sites is 2. The highest BCUT2D eigenvalue weighted by Crippen LogP contribution is 2.56. The number of nitrogens with zero attached hydrogens (tertiary/aromatic N) is 1. The van der Waals surface area contributed by atoms with Crippen LogP contribution in [0.2, 0.25) is 0 Å². The minimum absolute atomic E-state index is 0.0116. The van der Waals surface area contributed by atoms with Crippen LogP contribution < -0.4 is 10.1 Å². The number of imide groups is 1. The summed E-state index contributed by atoms with van der Waals surface area (Å²) in [6, 6.07) is 6.98. The molecule has 0 unspecified atom stereocenters. The average molecular weight is 414 g/mol. The first kappa shape index (κ1) is 20.4. The molecule has 3 fully saturated rings. The fourth-order valence-corrected chi connectivity index (χ4v) is 5.15. The van der Waals surface area contributed by atoms with Crippen LogP contribution in [0.15, 0.2) is 24.3 Å². The van der Waals surface area contributed by atoms with E-state index in [1.165, 1.54) is 4.90 Å². The smallest absolute Gasteiger partial charge is 0.308 e. The van der Waals surface area contributed by atoms with Crippen molar-refractivity contribution in [3.05, 3.63) is 24.3 Å². The molecule has 8 nitrogen and oxygen atoms in total. The van der Waals surface area contributed by atoms with E-state index in [0.29, 0.717) is 29.9 Å². The monoisotopic (exact) mass is 414 g/mol. The van der Waals surface area contributed by atoms with E-state index in [9.17, 15) is 19.2 Å². The second-order valence-corrected chi connectivity index (χ2v) is 8.10. The molecule has 1 N–H and O–H groups in total. The van der Waals surface area contributed by atoms with Gasteiger partial charge in [0.15, 0.2) is 6.61 Å². The molecule has 8 heteroatoms. The molecule has 1 aliphatic heterocycles. The number of hydrogen-bond donors (Lipinski definition) is 1. The fraction of sp³-hybridized carbons (Fsp3) is 0.545. The van der Waals surface area contributed by atoms with Gasteiger partial charge in [-0.15, -0.1) is 0 Å². The van der Waals surface area contributed by atoms with Gasteiger partial charge >= 0.3 is 5.97 Å². The molecule has 1 aromatic carbocycles.